The second-order valence-electron chi connectivity index (χ2n) is 3.73. The molecule has 0 aliphatic rings. The molecule has 0 saturated carbocycles. The zero-order valence-corrected chi connectivity index (χ0v) is 12.3. The van der Waals surface area contributed by atoms with E-state index in [2.05, 4.69) is 30.6 Å². The molecule has 0 aromatic carbocycles. The zero-order chi connectivity index (χ0) is 14.0. The monoisotopic (exact) mass is 346 g/mol. The first kappa shape index (κ1) is 14.0. The maximum atomic E-state index is 12.1. The molecule has 0 saturated heterocycles. The first-order chi connectivity index (χ1) is 8.88. The first-order valence-corrected chi connectivity index (χ1v) is 7.48. The number of pyridine rings is 1. The third-order valence-corrected chi connectivity index (χ3v) is 4.08. The lowest BCUT2D eigenvalue weighted by molar-refractivity contribution is 0.463. The molecular formula is C10H11BrN4O3S. The van der Waals surface area contributed by atoms with Crippen molar-refractivity contribution >= 4 is 31.8 Å². The van der Waals surface area contributed by atoms with Crippen molar-refractivity contribution in [1.82, 2.24) is 14.7 Å². The third kappa shape index (κ3) is 3.31. The van der Waals surface area contributed by atoms with E-state index in [-0.39, 0.29) is 23.1 Å². The van der Waals surface area contributed by atoms with Crippen molar-refractivity contribution in [1.29, 1.82) is 0 Å². The summed E-state index contributed by atoms with van der Waals surface area (Å²) in [6.45, 7) is 1.67. The fourth-order valence-corrected chi connectivity index (χ4v) is 2.93. The van der Waals surface area contributed by atoms with Crippen LogP contribution in [-0.4, -0.2) is 18.4 Å². The predicted molar refractivity (Wildman–Crippen MR) is 71.6 cm³/mol. The summed E-state index contributed by atoms with van der Waals surface area (Å²) in [5.74, 6) is 0.819. The Balaban J connectivity index is 2.20. The Morgan fingerprint density at radius 3 is 2.79 bits per heavy atom. The molecule has 3 N–H and O–H groups in total. The molecule has 7 nitrogen and oxygen atoms in total. The number of nitrogens with one attached hydrogen (secondary N) is 1. The van der Waals surface area contributed by atoms with E-state index in [1.165, 1.54) is 18.5 Å². The number of aromatic nitrogens is 2. The maximum absolute atomic E-state index is 12.1. The van der Waals surface area contributed by atoms with Crippen molar-refractivity contribution in [2.75, 3.05) is 5.73 Å². The van der Waals surface area contributed by atoms with E-state index < -0.39 is 10.0 Å². The Kier molecular flexibility index (Phi) is 3.88. The molecule has 0 spiro atoms. The summed E-state index contributed by atoms with van der Waals surface area (Å²) in [5.41, 5.74) is 5.56. The Morgan fingerprint density at radius 2 is 2.16 bits per heavy atom. The van der Waals surface area contributed by atoms with Gasteiger partial charge in [-0.25, -0.2) is 23.1 Å². The maximum Gasteiger partial charge on any atom is 0.244 e. The number of halogens is 1. The van der Waals surface area contributed by atoms with E-state index in [1.54, 1.807) is 6.92 Å². The molecule has 9 heteroatoms. The van der Waals surface area contributed by atoms with Crippen LogP contribution in [0.4, 0.5) is 5.82 Å². The van der Waals surface area contributed by atoms with Gasteiger partial charge in [-0.2, -0.15) is 0 Å². The van der Waals surface area contributed by atoms with Crippen LogP contribution in [-0.2, 0) is 16.6 Å². The van der Waals surface area contributed by atoms with Gasteiger partial charge >= 0.3 is 0 Å². The van der Waals surface area contributed by atoms with E-state index in [1.807, 2.05) is 0 Å². The van der Waals surface area contributed by atoms with Crippen molar-refractivity contribution in [3.05, 3.63) is 34.6 Å². The molecule has 2 aromatic rings. The molecule has 0 unspecified atom stereocenters. The van der Waals surface area contributed by atoms with E-state index in [4.69, 9.17) is 10.2 Å². The average Bonchev–Trinajstić information content (AvgIpc) is 2.76. The molecule has 2 heterocycles. The van der Waals surface area contributed by atoms with Crippen molar-refractivity contribution < 1.29 is 12.8 Å². The number of rotatable bonds is 4. The lowest BCUT2D eigenvalue weighted by Gasteiger charge is -2.07. The van der Waals surface area contributed by atoms with Crippen LogP contribution >= 0.6 is 15.9 Å². The Morgan fingerprint density at radius 1 is 1.42 bits per heavy atom. The van der Waals surface area contributed by atoms with Crippen molar-refractivity contribution in [3.63, 3.8) is 0 Å². The fourth-order valence-electron chi connectivity index (χ4n) is 1.36. The summed E-state index contributed by atoms with van der Waals surface area (Å²) in [5, 5.41) is 0. The topological polar surface area (TPSA) is 111 Å². The molecule has 102 valence electrons. The minimum Gasteiger partial charge on any atom is -0.445 e. The Labute approximate surface area is 118 Å². The zero-order valence-electron chi connectivity index (χ0n) is 9.92. The van der Waals surface area contributed by atoms with Crippen LogP contribution < -0.4 is 10.5 Å². The van der Waals surface area contributed by atoms with E-state index >= 15 is 0 Å². The van der Waals surface area contributed by atoms with Crippen LogP contribution in [0.3, 0.4) is 0 Å². The van der Waals surface area contributed by atoms with Gasteiger partial charge in [-0.3, -0.25) is 0 Å². The summed E-state index contributed by atoms with van der Waals surface area (Å²) in [6, 6.07) is 1.38. The molecule has 0 atom stereocenters. The van der Waals surface area contributed by atoms with Crippen LogP contribution in [0.2, 0.25) is 0 Å². The molecule has 0 aliphatic carbocycles. The number of sulfonamides is 1. The molecule has 2 rings (SSSR count). The summed E-state index contributed by atoms with van der Waals surface area (Å²) in [6.07, 6.45) is 2.93. The van der Waals surface area contributed by atoms with Crippen molar-refractivity contribution in [3.8, 4) is 0 Å². The first-order valence-electron chi connectivity index (χ1n) is 5.20. The van der Waals surface area contributed by atoms with Crippen LogP contribution in [0.1, 0.15) is 11.7 Å². The largest absolute Gasteiger partial charge is 0.445 e. The van der Waals surface area contributed by atoms with E-state index in [0.29, 0.717) is 10.2 Å². The molecule has 0 fully saturated rings. The van der Waals surface area contributed by atoms with E-state index in [9.17, 15) is 8.42 Å². The summed E-state index contributed by atoms with van der Waals surface area (Å²) in [4.78, 5) is 7.59. The molecule has 19 heavy (non-hydrogen) atoms. The highest BCUT2D eigenvalue weighted by molar-refractivity contribution is 9.10. The van der Waals surface area contributed by atoms with Gasteiger partial charge in [0.1, 0.15) is 16.5 Å². The molecule has 0 radical (unpaired) electrons. The van der Waals surface area contributed by atoms with Gasteiger partial charge in [0.15, 0.2) is 0 Å². The Bertz CT molecular complexity index is 699. The van der Waals surface area contributed by atoms with Gasteiger partial charge in [0, 0.05) is 10.7 Å². The number of hydrogen-bond donors (Lipinski definition) is 2. The van der Waals surface area contributed by atoms with Crippen LogP contribution in [0, 0.1) is 6.92 Å². The lowest BCUT2D eigenvalue weighted by Crippen LogP contribution is -2.24. The molecule has 0 amide bonds. The van der Waals surface area contributed by atoms with Gasteiger partial charge in [-0.05, 0) is 28.9 Å². The number of aryl methyl sites for hydroxylation is 1. The van der Waals surface area contributed by atoms with Gasteiger partial charge in [0.2, 0.25) is 15.9 Å². The van der Waals surface area contributed by atoms with Crippen molar-refractivity contribution in [2.24, 2.45) is 0 Å². The molecule has 2 aromatic heterocycles. The number of nitrogens with zero attached hydrogens (tertiary/aromatic N) is 2. The number of hydrogen-bond acceptors (Lipinski definition) is 6. The molecular weight excluding hydrogens is 336 g/mol. The fraction of sp³-hybridized carbons (Fsp3) is 0.200. The predicted octanol–water partition coefficient (Wildman–Crippen LogP) is 1.20. The summed E-state index contributed by atoms with van der Waals surface area (Å²) < 4.78 is 32.2. The number of anilines is 1. The van der Waals surface area contributed by atoms with Crippen molar-refractivity contribution in [2.45, 2.75) is 18.4 Å². The Hall–Kier alpha value is -1.45. The van der Waals surface area contributed by atoms with Crippen LogP contribution in [0.5, 0.6) is 0 Å². The minimum atomic E-state index is -3.77. The van der Waals surface area contributed by atoms with Gasteiger partial charge in [-0.15, -0.1) is 0 Å². The quantitative estimate of drug-likeness (QED) is 0.860. The second-order valence-corrected chi connectivity index (χ2v) is 6.38. The number of nitrogens with two attached hydrogens (primary N) is 1. The van der Waals surface area contributed by atoms with Crippen LogP contribution in [0.25, 0.3) is 0 Å². The van der Waals surface area contributed by atoms with Gasteiger partial charge in [-0.1, -0.05) is 0 Å². The third-order valence-electron chi connectivity index (χ3n) is 2.22. The SMILES string of the molecule is Cc1cnc(CNS(=O)(=O)c2cc(Br)cnc2N)o1. The van der Waals surface area contributed by atoms with E-state index in [0.717, 1.165) is 0 Å². The van der Waals surface area contributed by atoms with Gasteiger partial charge in [0.05, 0.1) is 12.7 Å². The highest BCUT2D eigenvalue weighted by atomic mass is 79.9. The molecule has 0 aliphatic heterocycles. The number of nitrogen functional groups attached to an aromatic ring is 1. The highest BCUT2D eigenvalue weighted by Gasteiger charge is 2.19. The standard InChI is InChI=1S/C10H11BrN4O3S/c1-6-3-13-9(18-6)5-15-19(16,17)8-2-7(11)4-14-10(8)12/h2-4,15H,5H2,1H3,(H2,12,14). The number of oxazole rings is 1. The van der Waals surface area contributed by atoms with Gasteiger partial charge in [0.25, 0.3) is 0 Å². The van der Waals surface area contributed by atoms with Gasteiger partial charge < -0.3 is 10.2 Å². The summed E-state index contributed by atoms with van der Waals surface area (Å²) in [7, 11) is -3.77. The highest BCUT2D eigenvalue weighted by Crippen LogP contribution is 2.20. The smallest absolute Gasteiger partial charge is 0.244 e. The average molecular weight is 347 g/mol. The minimum absolute atomic E-state index is 0.0534. The normalized spacial score (nSPS) is 11.7. The van der Waals surface area contributed by atoms with Crippen LogP contribution in [0.15, 0.2) is 32.2 Å². The lowest BCUT2D eigenvalue weighted by atomic mass is 10.5. The molecule has 0 bridgehead atoms. The second kappa shape index (κ2) is 5.27. The summed E-state index contributed by atoms with van der Waals surface area (Å²) >= 11 is 3.15.